The molecule has 0 atom stereocenters. The van der Waals surface area contributed by atoms with Crippen LogP contribution >= 0.6 is 0 Å². The van der Waals surface area contributed by atoms with Gasteiger partial charge >= 0.3 is 0 Å². The van der Waals surface area contributed by atoms with Crippen LogP contribution in [0.3, 0.4) is 0 Å². The van der Waals surface area contributed by atoms with Gasteiger partial charge in [-0.25, -0.2) is 5.06 Å². The lowest BCUT2D eigenvalue weighted by atomic mass is 10.2. The van der Waals surface area contributed by atoms with E-state index in [1.807, 2.05) is 20.8 Å². The molecule has 11 heavy (non-hydrogen) atoms. The summed E-state index contributed by atoms with van der Waals surface area (Å²) in [5, 5.41) is 1.10. The molecule has 0 saturated carbocycles. The zero-order valence-corrected chi connectivity index (χ0v) is 7.13. The number of amides is 1. The second-order valence-corrected chi connectivity index (χ2v) is 3.09. The molecule has 0 bridgehead atoms. The summed E-state index contributed by atoms with van der Waals surface area (Å²) in [6, 6.07) is 0. The van der Waals surface area contributed by atoms with E-state index in [2.05, 4.69) is 5.92 Å². The third kappa shape index (κ3) is 5.43. The Morgan fingerprint density at radius 1 is 1.64 bits per heavy atom. The van der Waals surface area contributed by atoms with Gasteiger partial charge in [0, 0.05) is 0 Å². The van der Waals surface area contributed by atoms with Crippen LogP contribution in [0.2, 0.25) is 0 Å². The van der Waals surface area contributed by atoms with Crippen molar-refractivity contribution >= 4 is 6.41 Å². The van der Waals surface area contributed by atoms with Gasteiger partial charge < -0.3 is 0 Å². The number of hydroxylamine groups is 2. The molecule has 1 amide bonds. The lowest BCUT2D eigenvalue weighted by Gasteiger charge is -2.24. The molecular weight excluding hydrogens is 142 g/mol. The molecule has 3 heteroatoms. The molecule has 62 valence electrons. The lowest BCUT2D eigenvalue weighted by Crippen LogP contribution is -2.33. The Kier molecular flexibility index (Phi) is 3.63. The number of terminal acetylenes is 1. The molecule has 0 aromatic heterocycles. The molecule has 0 rings (SSSR count). The summed E-state index contributed by atoms with van der Waals surface area (Å²) in [5.41, 5.74) is -0.377. The standard InChI is InChI=1S/C8H13NO2/c1-5-6-9(7-10)11-8(2,3)4/h1,7H,6H2,2-4H3. The Labute approximate surface area is 67.3 Å². The number of carbonyl (C=O) groups is 1. The highest BCUT2D eigenvalue weighted by Crippen LogP contribution is 2.07. The summed E-state index contributed by atoms with van der Waals surface area (Å²) in [4.78, 5) is 15.4. The fraction of sp³-hybridized carbons (Fsp3) is 0.625. The summed E-state index contributed by atoms with van der Waals surface area (Å²) < 4.78 is 0. The van der Waals surface area contributed by atoms with Crippen molar-refractivity contribution in [1.82, 2.24) is 5.06 Å². The Bertz CT molecular complexity index is 164. The molecule has 0 unspecified atom stereocenters. The van der Waals surface area contributed by atoms with E-state index in [4.69, 9.17) is 11.3 Å². The average molecular weight is 155 g/mol. The van der Waals surface area contributed by atoms with Crippen LogP contribution in [-0.4, -0.2) is 23.6 Å². The minimum absolute atomic E-state index is 0.181. The smallest absolute Gasteiger partial charge is 0.234 e. The van der Waals surface area contributed by atoms with Crippen LogP contribution in [0.1, 0.15) is 20.8 Å². The number of carbonyl (C=O) groups excluding carboxylic acids is 1. The molecule has 0 saturated heterocycles. The first-order valence-electron chi connectivity index (χ1n) is 3.34. The molecule has 3 nitrogen and oxygen atoms in total. The third-order valence-corrected chi connectivity index (χ3v) is 0.756. The lowest BCUT2D eigenvalue weighted by molar-refractivity contribution is -0.210. The van der Waals surface area contributed by atoms with Crippen molar-refractivity contribution in [1.29, 1.82) is 0 Å². The molecule has 0 spiro atoms. The molecular formula is C8H13NO2. The predicted molar refractivity (Wildman–Crippen MR) is 42.4 cm³/mol. The highest BCUT2D eigenvalue weighted by atomic mass is 16.7. The number of hydrogen-bond acceptors (Lipinski definition) is 2. The molecule has 0 fully saturated rings. The van der Waals surface area contributed by atoms with Gasteiger partial charge in [0.1, 0.15) is 6.54 Å². The first-order chi connectivity index (χ1) is 4.99. The van der Waals surface area contributed by atoms with E-state index in [9.17, 15) is 4.79 Å². The summed E-state index contributed by atoms with van der Waals surface area (Å²) in [5.74, 6) is 2.31. The summed E-state index contributed by atoms with van der Waals surface area (Å²) >= 11 is 0. The molecule has 0 radical (unpaired) electrons. The van der Waals surface area contributed by atoms with Crippen LogP contribution in [0.15, 0.2) is 0 Å². The fourth-order valence-electron chi connectivity index (χ4n) is 0.533. The Hall–Kier alpha value is -1.01. The average Bonchev–Trinajstić information content (AvgIpc) is 1.84. The van der Waals surface area contributed by atoms with E-state index >= 15 is 0 Å². The zero-order chi connectivity index (χ0) is 8.91. The Morgan fingerprint density at radius 3 is 2.45 bits per heavy atom. The minimum Gasteiger partial charge on any atom is -0.276 e. The van der Waals surface area contributed by atoms with Gasteiger partial charge in [-0.1, -0.05) is 5.92 Å². The Balaban J connectivity index is 3.90. The first-order valence-corrected chi connectivity index (χ1v) is 3.34. The van der Waals surface area contributed by atoms with Gasteiger partial charge in [-0.3, -0.25) is 9.63 Å². The quantitative estimate of drug-likeness (QED) is 0.343. The van der Waals surface area contributed by atoms with Crippen molar-refractivity contribution in [2.24, 2.45) is 0 Å². The molecule has 0 N–H and O–H groups in total. The van der Waals surface area contributed by atoms with Crippen LogP contribution in [0, 0.1) is 12.3 Å². The van der Waals surface area contributed by atoms with E-state index in [1.165, 1.54) is 0 Å². The molecule has 0 aliphatic heterocycles. The molecule has 0 aromatic carbocycles. The van der Waals surface area contributed by atoms with Gasteiger partial charge in [-0.15, -0.1) is 6.42 Å². The normalized spacial score (nSPS) is 10.4. The fourth-order valence-corrected chi connectivity index (χ4v) is 0.533. The van der Waals surface area contributed by atoms with Crippen LogP contribution in [-0.2, 0) is 9.63 Å². The molecule has 0 aliphatic carbocycles. The van der Waals surface area contributed by atoms with Gasteiger partial charge in [0.15, 0.2) is 0 Å². The van der Waals surface area contributed by atoms with Gasteiger partial charge in [-0.05, 0) is 20.8 Å². The maximum absolute atomic E-state index is 10.3. The van der Waals surface area contributed by atoms with Crippen molar-refractivity contribution in [2.45, 2.75) is 26.4 Å². The van der Waals surface area contributed by atoms with E-state index in [0.29, 0.717) is 6.41 Å². The number of rotatable bonds is 3. The van der Waals surface area contributed by atoms with Crippen molar-refractivity contribution in [3.8, 4) is 12.3 Å². The maximum Gasteiger partial charge on any atom is 0.234 e. The largest absolute Gasteiger partial charge is 0.276 e. The number of hydrogen-bond donors (Lipinski definition) is 0. The van der Waals surface area contributed by atoms with Crippen LogP contribution in [0.25, 0.3) is 0 Å². The minimum atomic E-state index is -0.377. The first kappa shape index (κ1) is 9.99. The van der Waals surface area contributed by atoms with Gasteiger partial charge in [0.05, 0.1) is 5.60 Å². The van der Waals surface area contributed by atoms with Gasteiger partial charge in [-0.2, -0.15) is 0 Å². The monoisotopic (exact) mass is 155 g/mol. The van der Waals surface area contributed by atoms with E-state index in [-0.39, 0.29) is 12.1 Å². The summed E-state index contributed by atoms with van der Waals surface area (Å²) in [6.07, 6.45) is 5.57. The van der Waals surface area contributed by atoms with Crippen molar-refractivity contribution < 1.29 is 9.63 Å². The van der Waals surface area contributed by atoms with Crippen LogP contribution < -0.4 is 0 Å². The highest BCUT2D eigenvalue weighted by Gasteiger charge is 2.14. The molecule has 0 aromatic rings. The van der Waals surface area contributed by atoms with Crippen molar-refractivity contribution in [3.63, 3.8) is 0 Å². The number of nitrogens with zero attached hydrogens (tertiary/aromatic N) is 1. The predicted octanol–water partition coefficient (Wildman–Crippen LogP) is 0.808. The Morgan fingerprint density at radius 2 is 2.18 bits per heavy atom. The van der Waals surface area contributed by atoms with Gasteiger partial charge in [0.2, 0.25) is 6.41 Å². The van der Waals surface area contributed by atoms with E-state index in [0.717, 1.165) is 5.06 Å². The second-order valence-electron chi connectivity index (χ2n) is 3.09. The third-order valence-electron chi connectivity index (χ3n) is 0.756. The van der Waals surface area contributed by atoms with Crippen LogP contribution in [0.4, 0.5) is 0 Å². The SMILES string of the molecule is C#CCN(C=O)OC(C)(C)C. The van der Waals surface area contributed by atoms with Crippen molar-refractivity contribution in [2.75, 3.05) is 6.54 Å². The van der Waals surface area contributed by atoms with Crippen molar-refractivity contribution in [3.05, 3.63) is 0 Å². The second kappa shape index (κ2) is 3.99. The zero-order valence-electron chi connectivity index (χ0n) is 7.13. The van der Waals surface area contributed by atoms with Gasteiger partial charge in [0.25, 0.3) is 0 Å². The van der Waals surface area contributed by atoms with E-state index in [1.54, 1.807) is 0 Å². The molecule has 0 aliphatic rings. The summed E-state index contributed by atoms with van der Waals surface area (Å²) in [6.45, 7) is 5.72. The maximum atomic E-state index is 10.3. The topological polar surface area (TPSA) is 29.5 Å². The van der Waals surface area contributed by atoms with Crippen LogP contribution in [0.5, 0.6) is 0 Å². The highest BCUT2D eigenvalue weighted by molar-refractivity contribution is 5.45. The molecule has 0 heterocycles. The van der Waals surface area contributed by atoms with E-state index < -0.39 is 0 Å². The summed E-state index contributed by atoms with van der Waals surface area (Å²) in [7, 11) is 0.